The Balaban J connectivity index is 1.92. The van der Waals surface area contributed by atoms with E-state index in [1.165, 1.54) is 25.1 Å². The van der Waals surface area contributed by atoms with Crippen molar-refractivity contribution in [3.8, 4) is 0 Å². The van der Waals surface area contributed by atoms with E-state index >= 15 is 0 Å². The number of aryl methyl sites for hydroxylation is 1. The van der Waals surface area contributed by atoms with Crippen LogP contribution in [0, 0.1) is 12.8 Å². The summed E-state index contributed by atoms with van der Waals surface area (Å²) in [5.74, 6) is 1.87. The Labute approximate surface area is 98.1 Å². The highest BCUT2D eigenvalue weighted by Gasteiger charge is 2.20. The number of hydrogen-bond donors (Lipinski definition) is 0. The van der Waals surface area contributed by atoms with Gasteiger partial charge in [0.25, 0.3) is 0 Å². The topological polar surface area (TPSA) is 19.4 Å². The Kier molecular flexibility index (Phi) is 3.44. The van der Waals surface area contributed by atoms with Crippen molar-refractivity contribution in [3.05, 3.63) is 23.9 Å². The number of pyridine rings is 1. The van der Waals surface area contributed by atoms with Gasteiger partial charge in [-0.1, -0.05) is 6.07 Å². The Bertz CT molecular complexity index is 334. The van der Waals surface area contributed by atoms with Crippen molar-refractivity contribution < 1.29 is 0 Å². The summed E-state index contributed by atoms with van der Waals surface area (Å²) < 4.78 is 0. The zero-order valence-corrected chi connectivity index (χ0v) is 10.5. The van der Waals surface area contributed by atoms with Crippen LogP contribution in [-0.2, 0) is 0 Å². The first kappa shape index (κ1) is 11.4. The van der Waals surface area contributed by atoms with Crippen molar-refractivity contribution >= 4 is 5.82 Å². The summed E-state index contributed by atoms with van der Waals surface area (Å²) in [6, 6.07) is 4.23. The van der Waals surface area contributed by atoms with Gasteiger partial charge in [0.1, 0.15) is 5.82 Å². The molecule has 0 radical (unpaired) electrons. The molecule has 0 spiro atoms. The fraction of sp³-hybridized carbons (Fsp3) is 0.615. The van der Waals surface area contributed by atoms with Gasteiger partial charge in [0.15, 0.2) is 0 Å². The fourth-order valence-corrected chi connectivity index (χ4v) is 2.34. The number of hydrogen-bond acceptors (Lipinski definition) is 3. The maximum atomic E-state index is 4.45. The fourth-order valence-electron chi connectivity index (χ4n) is 2.34. The molecule has 0 aliphatic carbocycles. The Morgan fingerprint density at radius 1 is 1.50 bits per heavy atom. The minimum atomic E-state index is 0.790. The molecule has 88 valence electrons. The molecule has 1 aliphatic rings. The van der Waals surface area contributed by atoms with Crippen LogP contribution in [0.15, 0.2) is 18.3 Å². The van der Waals surface area contributed by atoms with Crippen LogP contribution in [0.4, 0.5) is 5.82 Å². The van der Waals surface area contributed by atoms with Crippen LogP contribution < -0.4 is 4.90 Å². The van der Waals surface area contributed by atoms with Crippen molar-refractivity contribution in [2.24, 2.45) is 5.92 Å². The molecule has 0 saturated carbocycles. The van der Waals surface area contributed by atoms with Crippen LogP contribution in [-0.4, -0.2) is 43.6 Å². The minimum absolute atomic E-state index is 0.790. The molecule has 0 amide bonds. The van der Waals surface area contributed by atoms with Gasteiger partial charge in [0.2, 0.25) is 0 Å². The molecule has 1 aromatic rings. The molecule has 1 unspecified atom stereocenters. The minimum Gasteiger partial charge on any atom is -0.359 e. The molecule has 0 bridgehead atoms. The molecule has 1 aliphatic heterocycles. The molecule has 2 heterocycles. The van der Waals surface area contributed by atoms with E-state index in [4.69, 9.17) is 0 Å². The van der Waals surface area contributed by atoms with Crippen LogP contribution in [0.2, 0.25) is 0 Å². The van der Waals surface area contributed by atoms with E-state index in [0.29, 0.717) is 0 Å². The average molecular weight is 219 g/mol. The highest BCUT2D eigenvalue weighted by atomic mass is 15.2. The van der Waals surface area contributed by atoms with Crippen molar-refractivity contribution in [1.29, 1.82) is 0 Å². The third-order valence-corrected chi connectivity index (χ3v) is 3.31. The Hall–Kier alpha value is -1.09. The summed E-state index contributed by atoms with van der Waals surface area (Å²) in [6.45, 7) is 5.64. The molecule has 0 aromatic carbocycles. The van der Waals surface area contributed by atoms with E-state index < -0.39 is 0 Å². The van der Waals surface area contributed by atoms with Crippen molar-refractivity contribution in [1.82, 2.24) is 9.88 Å². The van der Waals surface area contributed by atoms with Crippen LogP contribution in [0.5, 0.6) is 0 Å². The second-order valence-electron chi connectivity index (χ2n) is 4.99. The highest BCUT2D eigenvalue weighted by Crippen LogP contribution is 2.18. The van der Waals surface area contributed by atoms with Gasteiger partial charge in [0, 0.05) is 26.3 Å². The SMILES string of the molecule is Cc1ccc(N(C)CC2CCN(C)C2)nc1. The molecule has 3 heteroatoms. The third kappa shape index (κ3) is 2.73. The van der Waals surface area contributed by atoms with E-state index in [1.54, 1.807) is 0 Å². The van der Waals surface area contributed by atoms with Crippen molar-refractivity contribution in [2.75, 3.05) is 38.6 Å². The van der Waals surface area contributed by atoms with Crippen LogP contribution in [0.25, 0.3) is 0 Å². The predicted octanol–water partition coefficient (Wildman–Crippen LogP) is 1.78. The highest BCUT2D eigenvalue weighted by molar-refractivity contribution is 5.38. The zero-order valence-electron chi connectivity index (χ0n) is 10.5. The maximum absolute atomic E-state index is 4.45. The molecule has 0 N–H and O–H groups in total. The van der Waals surface area contributed by atoms with Gasteiger partial charge in [-0.3, -0.25) is 0 Å². The average Bonchev–Trinajstić information content (AvgIpc) is 2.65. The van der Waals surface area contributed by atoms with Crippen LogP contribution in [0.1, 0.15) is 12.0 Å². The van der Waals surface area contributed by atoms with Gasteiger partial charge in [-0.2, -0.15) is 0 Å². The van der Waals surface area contributed by atoms with Crippen molar-refractivity contribution in [2.45, 2.75) is 13.3 Å². The predicted molar refractivity (Wildman–Crippen MR) is 67.8 cm³/mol. The third-order valence-electron chi connectivity index (χ3n) is 3.31. The second kappa shape index (κ2) is 4.83. The van der Waals surface area contributed by atoms with E-state index in [1.807, 2.05) is 6.20 Å². The van der Waals surface area contributed by atoms with Gasteiger partial charge in [-0.05, 0) is 44.5 Å². The molecule has 16 heavy (non-hydrogen) atoms. The van der Waals surface area contributed by atoms with Gasteiger partial charge in [-0.25, -0.2) is 4.98 Å². The van der Waals surface area contributed by atoms with E-state index in [9.17, 15) is 0 Å². The zero-order chi connectivity index (χ0) is 11.5. The quantitative estimate of drug-likeness (QED) is 0.772. The number of likely N-dealkylation sites (tertiary alicyclic amines) is 1. The number of anilines is 1. The standard InChI is InChI=1S/C13H21N3/c1-11-4-5-13(14-8-11)16(3)10-12-6-7-15(2)9-12/h4-5,8,12H,6-7,9-10H2,1-3H3. The van der Waals surface area contributed by atoms with Gasteiger partial charge in [-0.15, -0.1) is 0 Å². The summed E-state index contributed by atoms with van der Waals surface area (Å²) in [5, 5.41) is 0. The molecular formula is C13H21N3. The smallest absolute Gasteiger partial charge is 0.128 e. The first-order valence-electron chi connectivity index (χ1n) is 5.97. The summed E-state index contributed by atoms with van der Waals surface area (Å²) in [7, 11) is 4.33. The summed E-state index contributed by atoms with van der Waals surface area (Å²) in [6.07, 6.45) is 3.25. The van der Waals surface area contributed by atoms with Gasteiger partial charge < -0.3 is 9.80 Å². The lowest BCUT2D eigenvalue weighted by molar-refractivity contribution is 0.395. The number of nitrogens with zero attached hydrogens (tertiary/aromatic N) is 3. The van der Waals surface area contributed by atoms with Crippen LogP contribution in [0.3, 0.4) is 0 Å². The maximum Gasteiger partial charge on any atom is 0.128 e. The number of aromatic nitrogens is 1. The first-order valence-corrected chi connectivity index (χ1v) is 5.97. The van der Waals surface area contributed by atoms with Crippen LogP contribution >= 0.6 is 0 Å². The largest absolute Gasteiger partial charge is 0.359 e. The molecule has 1 fully saturated rings. The van der Waals surface area contributed by atoms with E-state index in [0.717, 1.165) is 18.3 Å². The summed E-state index contributed by atoms with van der Waals surface area (Å²) in [4.78, 5) is 9.12. The molecular weight excluding hydrogens is 198 g/mol. The van der Waals surface area contributed by atoms with Gasteiger partial charge in [0.05, 0.1) is 0 Å². The Morgan fingerprint density at radius 2 is 2.31 bits per heavy atom. The van der Waals surface area contributed by atoms with Gasteiger partial charge >= 0.3 is 0 Å². The lowest BCUT2D eigenvalue weighted by Gasteiger charge is -2.22. The second-order valence-corrected chi connectivity index (χ2v) is 4.99. The number of rotatable bonds is 3. The monoisotopic (exact) mass is 219 g/mol. The summed E-state index contributed by atoms with van der Waals surface area (Å²) in [5.41, 5.74) is 1.22. The molecule has 3 nitrogen and oxygen atoms in total. The van der Waals surface area contributed by atoms with E-state index in [-0.39, 0.29) is 0 Å². The molecule has 1 atom stereocenters. The Morgan fingerprint density at radius 3 is 2.88 bits per heavy atom. The summed E-state index contributed by atoms with van der Waals surface area (Å²) >= 11 is 0. The molecule has 2 rings (SSSR count). The van der Waals surface area contributed by atoms with E-state index in [2.05, 4.69) is 47.9 Å². The molecule has 1 saturated heterocycles. The lowest BCUT2D eigenvalue weighted by atomic mass is 10.1. The molecule has 1 aromatic heterocycles. The first-order chi connectivity index (χ1) is 7.65. The lowest BCUT2D eigenvalue weighted by Crippen LogP contribution is -2.27. The normalized spacial score (nSPS) is 21.3. The van der Waals surface area contributed by atoms with Crippen molar-refractivity contribution in [3.63, 3.8) is 0 Å².